The topological polar surface area (TPSA) is 67.8 Å². The average Bonchev–Trinajstić information content (AvgIpc) is 3.28. The first kappa shape index (κ1) is 18.7. The molecule has 0 fully saturated rings. The van der Waals surface area contributed by atoms with Crippen LogP contribution in [0, 0.1) is 13.8 Å². The van der Waals surface area contributed by atoms with Gasteiger partial charge in [0.25, 0.3) is 5.91 Å². The lowest BCUT2D eigenvalue weighted by molar-refractivity contribution is 0.102. The summed E-state index contributed by atoms with van der Waals surface area (Å²) in [6.45, 7) is 5.86. The maximum atomic E-state index is 13.1. The lowest BCUT2D eigenvalue weighted by atomic mass is 10.1. The number of hydrogen-bond donors (Lipinski definition) is 1. The number of amides is 1. The van der Waals surface area contributed by atoms with Gasteiger partial charge in [-0.25, -0.2) is 9.97 Å². The molecule has 0 aliphatic rings. The van der Waals surface area contributed by atoms with Crippen LogP contribution in [0.5, 0.6) is 0 Å². The van der Waals surface area contributed by atoms with Crippen LogP contribution in [-0.2, 0) is 12.8 Å². The minimum absolute atomic E-state index is 0.116. The molecular formula is C21H20N4OS2. The Morgan fingerprint density at radius 2 is 1.96 bits per heavy atom. The van der Waals surface area contributed by atoms with Crippen LogP contribution in [0.2, 0.25) is 0 Å². The van der Waals surface area contributed by atoms with Gasteiger partial charge in [0.15, 0.2) is 0 Å². The molecule has 0 spiro atoms. The van der Waals surface area contributed by atoms with Gasteiger partial charge in [-0.3, -0.25) is 4.79 Å². The van der Waals surface area contributed by atoms with Crippen LogP contribution in [0.1, 0.15) is 44.9 Å². The summed E-state index contributed by atoms with van der Waals surface area (Å²) in [5, 5.41) is 6.14. The first-order valence-corrected chi connectivity index (χ1v) is 10.8. The largest absolute Gasteiger partial charge is 0.322 e. The minimum atomic E-state index is -0.116. The van der Waals surface area contributed by atoms with Gasteiger partial charge in [0.1, 0.15) is 10.7 Å². The fourth-order valence-corrected chi connectivity index (χ4v) is 4.99. The summed E-state index contributed by atoms with van der Waals surface area (Å²) in [6.07, 6.45) is 1.43. The van der Waals surface area contributed by atoms with Crippen molar-refractivity contribution in [2.75, 3.05) is 5.32 Å². The lowest BCUT2D eigenvalue weighted by Crippen LogP contribution is -2.15. The molecule has 1 aromatic carbocycles. The quantitative estimate of drug-likeness (QED) is 0.495. The number of nitrogens with zero attached hydrogens (tertiary/aromatic N) is 3. The zero-order valence-corrected chi connectivity index (χ0v) is 17.6. The number of hydrogen-bond acceptors (Lipinski definition) is 6. The number of aryl methyl sites for hydroxylation is 3. The molecule has 0 saturated carbocycles. The summed E-state index contributed by atoms with van der Waals surface area (Å²) < 4.78 is 4.45. The van der Waals surface area contributed by atoms with Crippen LogP contribution < -0.4 is 5.32 Å². The van der Waals surface area contributed by atoms with Crippen LogP contribution in [0.25, 0.3) is 10.2 Å². The van der Waals surface area contributed by atoms with Gasteiger partial charge >= 0.3 is 0 Å². The molecule has 4 rings (SSSR count). The van der Waals surface area contributed by atoms with E-state index >= 15 is 0 Å². The summed E-state index contributed by atoms with van der Waals surface area (Å²) in [6, 6.07) is 9.94. The molecule has 3 heterocycles. The number of fused-ring (bicyclic) bond motifs is 1. The third kappa shape index (κ3) is 3.55. The molecule has 0 aliphatic heterocycles. The molecule has 0 radical (unpaired) electrons. The summed E-state index contributed by atoms with van der Waals surface area (Å²) in [7, 11) is 0. The molecule has 1 amide bonds. The van der Waals surface area contributed by atoms with Crippen molar-refractivity contribution in [2.24, 2.45) is 0 Å². The van der Waals surface area contributed by atoms with Gasteiger partial charge in [-0.2, -0.15) is 4.37 Å². The highest BCUT2D eigenvalue weighted by atomic mass is 32.1. The summed E-state index contributed by atoms with van der Waals surface area (Å²) in [5.74, 6) is 0.628. The van der Waals surface area contributed by atoms with Crippen molar-refractivity contribution < 1.29 is 4.79 Å². The van der Waals surface area contributed by atoms with Crippen molar-refractivity contribution in [3.63, 3.8) is 0 Å². The smallest absolute Gasteiger partial charge is 0.258 e. The van der Waals surface area contributed by atoms with Crippen molar-refractivity contribution in [1.82, 2.24) is 14.3 Å². The number of benzene rings is 1. The van der Waals surface area contributed by atoms with E-state index in [0.717, 1.165) is 50.0 Å². The molecule has 7 heteroatoms. The highest BCUT2D eigenvalue weighted by Gasteiger charge is 2.21. The highest BCUT2D eigenvalue weighted by molar-refractivity contribution is 7.16. The Morgan fingerprint density at radius 3 is 2.79 bits per heavy atom. The molecular weight excluding hydrogens is 388 g/mol. The fourth-order valence-electron chi connectivity index (χ4n) is 3.29. The van der Waals surface area contributed by atoms with Gasteiger partial charge in [0, 0.05) is 22.4 Å². The lowest BCUT2D eigenvalue weighted by Gasteiger charge is -2.11. The Balaban J connectivity index is 1.67. The minimum Gasteiger partial charge on any atom is -0.322 e. The molecule has 0 aliphatic carbocycles. The third-order valence-corrected chi connectivity index (χ3v) is 6.39. The highest BCUT2D eigenvalue weighted by Crippen LogP contribution is 2.28. The molecule has 0 atom stereocenters. The normalized spacial score (nSPS) is 11.1. The Morgan fingerprint density at radius 1 is 1.14 bits per heavy atom. The monoisotopic (exact) mass is 408 g/mol. The summed E-state index contributed by atoms with van der Waals surface area (Å²) >= 11 is 2.97. The number of para-hydroxylation sites is 1. The number of nitrogens with one attached hydrogen (secondary N) is 1. The summed E-state index contributed by atoms with van der Waals surface area (Å²) in [4.78, 5) is 24.1. The zero-order valence-electron chi connectivity index (χ0n) is 15.9. The first-order valence-electron chi connectivity index (χ1n) is 9.12. The van der Waals surface area contributed by atoms with Gasteiger partial charge in [0.2, 0.25) is 0 Å². The zero-order chi connectivity index (χ0) is 19.7. The predicted molar refractivity (Wildman–Crippen MR) is 116 cm³/mol. The van der Waals surface area contributed by atoms with E-state index in [1.807, 2.05) is 49.6 Å². The second-order valence-corrected chi connectivity index (χ2v) is 8.32. The molecule has 0 saturated heterocycles. The van der Waals surface area contributed by atoms with E-state index < -0.39 is 0 Å². The summed E-state index contributed by atoms with van der Waals surface area (Å²) in [5.41, 5.74) is 4.30. The number of anilines is 1. The predicted octanol–water partition coefficient (Wildman–Crippen LogP) is 5.17. The maximum Gasteiger partial charge on any atom is 0.258 e. The second kappa shape index (κ2) is 7.77. The number of carbonyl (C=O) groups is 1. The molecule has 3 aromatic heterocycles. The second-order valence-electron chi connectivity index (χ2n) is 6.56. The standard InChI is InChI=1S/C21H20N4OS2/c1-4-14-7-5-6-8-16(14)24-20(26)19-12(2)25-28-18(19)11-17-15-9-10-27-21(15)23-13(3)22-17/h5-10H,4,11H2,1-3H3,(H,24,26). The molecule has 28 heavy (non-hydrogen) atoms. The van der Waals surface area contributed by atoms with Gasteiger partial charge in [0.05, 0.1) is 17.0 Å². The number of thiophene rings is 1. The maximum absolute atomic E-state index is 13.1. The fraction of sp³-hybridized carbons (Fsp3) is 0.238. The van der Waals surface area contributed by atoms with Crippen LogP contribution in [-0.4, -0.2) is 20.2 Å². The number of aromatic nitrogens is 3. The molecule has 142 valence electrons. The van der Waals surface area contributed by atoms with E-state index in [9.17, 15) is 4.79 Å². The average molecular weight is 409 g/mol. The van der Waals surface area contributed by atoms with Crippen molar-refractivity contribution >= 4 is 44.7 Å². The van der Waals surface area contributed by atoms with Crippen molar-refractivity contribution in [2.45, 2.75) is 33.6 Å². The van der Waals surface area contributed by atoms with Crippen LogP contribution >= 0.6 is 22.9 Å². The molecule has 1 N–H and O–H groups in total. The molecule has 4 aromatic rings. The van der Waals surface area contributed by atoms with Crippen molar-refractivity contribution in [1.29, 1.82) is 0 Å². The molecule has 5 nitrogen and oxygen atoms in total. The van der Waals surface area contributed by atoms with E-state index in [4.69, 9.17) is 0 Å². The molecule has 0 bridgehead atoms. The number of carbonyl (C=O) groups excluding carboxylic acids is 1. The van der Waals surface area contributed by atoms with E-state index in [-0.39, 0.29) is 5.91 Å². The van der Waals surface area contributed by atoms with Crippen LogP contribution in [0.15, 0.2) is 35.7 Å². The Kier molecular flexibility index (Phi) is 5.19. The van der Waals surface area contributed by atoms with Gasteiger partial charge < -0.3 is 5.32 Å². The van der Waals surface area contributed by atoms with Crippen LogP contribution in [0.4, 0.5) is 5.69 Å². The Labute approximate surface area is 171 Å². The van der Waals surface area contributed by atoms with Crippen molar-refractivity contribution in [3.05, 3.63) is 68.9 Å². The number of rotatable bonds is 5. The van der Waals surface area contributed by atoms with Crippen molar-refractivity contribution in [3.8, 4) is 0 Å². The Bertz CT molecular complexity index is 1160. The Hall–Kier alpha value is -2.64. The first-order chi connectivity index (χ1) is 13.6. The van der Waals surface area contributed by atoms with E-state index in [1.54, 1.807) is 11.3 Å². The SMILES string of the molecule is CCc1ccccc1NC(=O)c1c(C)nsc1Cc1nc(C)nc2sccc12. The third-order valence-electron chi connectivity index (χ3n) is 4.65. The van der Waals surface area contributed by atoms with E-state index in [0.29, 0.717) is 12.0 Å². The van der Waals surface area contributed by atoms with Gasteiger partial charge in [-0.05, 0) is 54.9 Å². The molecule has 0 unspecified atom stereocenters. The van der Waals surface area contributed by atoms with E-state index in [2.05, 4.69) is 26.6 Å². The van der Waals surface area contributed by atoms with Gasteiger partial charge in [-0.1, -0.05) is 25.1 Å². The van der Waals surface area contributed by atoms with Gasteiger partial charge in [-0.15, -0.1) is 11.3 Å². The van der Waals surface area contributed by atoms with E-state index in [1.165, 1.54) is 11.5 Å². The van der Waals surface area contributed by atoms with Crippen LogP contribution in [0.3, 0.4) is 0 Å².